The second-order valence-electron chi connectivity index (χ2n) is 10.8. The van der Waals surface area contributed by atoms with E-state index >= 15 is 4.39 Å². The van der Waals surface area contributed by atoms with E-state index in [1.165, 1.54) is 16.7 Å². The summed E-state index contributed by atoms with van der Waals surface area (Å²) in [5.41, 5.74) is 12.6. The molecule has 0 radical (unpaired) electrons. The number of rotatable bonds is 15. The third kappa shape index (κ3) is 8.90. The molecule has 0 aliphatic carbocycles. The SMILES string of the molecule is COCC(NCCCN=C(N)CF)c1ccc(-n2cc3cc(-c4cc(CCCC(N)C(F)(F)F)cc(Cl)c4F)[nH]c3nc2=O)cc1. The number of amidine groups is 1. The number of alkyl halides is 4. The van der Waals surface area contributed by atoms with Gasteiger partial charge in [-0.15, -0.1) is 0 Å². The van der Waals surface area contributed by atoms with Crippen LogP contribution in [0.25, 0.3) is 28.0 Å². The molecule has 0 saturated heterocycles. The van der Waals surface area contributed by atoms with Gasteiger partial charge in [0.15, 0.2) is 5.82 Å². The Bertz CT molecular complexity index is 1710. The van der Waals surface area contributed by atoms with Crippen molar-refractivity contribution in [2.24, 2.45) is 16.5 Å². The minimum atomic E-state index is -4.49. The smallest absolute Gasteiger partial charge is 0.385 e. The lowest BCUT2D eigenvalue weighted by Crippen LogP contribution is -2.37. The van der Waals surface area contributed by atoms with Crippen LogP contribution >= 0.6 is 11.6 Å². The molecule has 6 N–H and O–H groups in total. The standard InChI is InChI=1S/C31H35ClF5N7O2/c1-46-17-25(40-10-3-11-41-27(39)15-33)19-6-8-21(9-7-19)44-16-20-14-24(42-29(20)43-30(44)45)22-12-18(13-23(32)28(22)34)4-2-5-26(38)31(35,36)37/h6-9,12-14,16,25-26,40H,2-5,10-11,15,17,38H2,1H3,(H2,39,41)(H,42,43,45). The zero-order chi connectivity index (χ0) is 33.4. The molecule has 0 amide bonds. The fraction of sp³-hybridized carbons (Fsp3) is 0.387. The molecule has 2 aromatic carbocycles. The Morgan fingerprint density at radius 1 is 1.20 bits per heavy atom. The number of halogens is 6. The molecule has 0 saturated carbocycles. The number of nitrogens with one attached hydrogen (secondary N) is 2. The van der Waals surface area contributed by atoms with Crippen molar-refractivity contribution in [3.63, 3.8) is 0 Å². The van der Waals surface area contributed by atoms with Crippen LogP contribution in [0.4, 0.5) is 22.0 Å². The number of hydrogen-bond acceptors (Lipinski definition) is 6. The van der Waals surface area contributed by atoms with Crippen LogP contribution in [0.5, 0.6) is 0 Å². The third-order valence-corrected chi connectivity index (χ3v) is 7.65. The molecule has 0 spiro atoms. The van der Waals surface area contributed by atoms with Gasteiger partial charge in [0.1, 0.15) is 24.2 Å². The van der Waals surface area contributed by atoms with Crippen LogP contribution in [0, 0.1) is 5.82 Å². The van der Waals surface area contributed by atoms with Crippen molar-refractivity contribution in [3.8, 4) is 16.9 Å². The van der Waals surface area contributed by atoms with Gasteiger partial charge in [-0.05, 0) is 73.7 Å². The van der Waals surface area contributed by atoms with Crippen LogP contribution in [0.2, 0.25) is 5.02 Å². The average molecular weight is 668 g/mol. The number of fused-ring (bicyclic) bond motifs is 1. The Morgan fingerprint density at radius 3 is 2.61 bits per heavy atom. The van der Waals surface area contributed by atoms with Gasteiger partial charge in [0.05, 0.1) is 29.1 Å². The summed E-state index contributed by atoms with van der Waals surface area (Å²) in [5.74, 6) is -0.749. The number of aryl methyl sites for hydroxylation is 1. The normalized spacial score (nSPS) is 13.8. The molecule has 15 heteroatoms. The summed E-state index contributed by atoms with van der Waals surface area (Å²) < 4.78 is 72.5. The van der Waals surface area contributed by atoms with E-state index in [0.29, 0.717) is 48.4 Å². The topological polar surface area (TPSA) is 136 Å². The molecular formula is C31H35ClF5N7O2. The first-order valence-corrected chi connectivity index (χ1v) is 14.9. The van der Waals surface area contributed by atoms with Crippen LogP contribution in [0.3, 0.4) is 0 Å². The molecule has 0 bridgehead atoms. The Hall–Kier alpha value is -3.85. The van der Waals surface area contributed by atoms with Gasteiger partial charge in [-0.25, -0.2) is 13.6 Å². The second kappa shape index (κ2) is 15.6. The van der Waals surface area contributed by atoms with Gasteiger partial charge in [0, 0.05) is 30.8 Å². The molecule has 2 atom stereocenters. The zero-order valence-corrected chi connectivity index (χ0v) is 25.8. The van der Waals surface area contributed by atoms with Crippen molar-refractivity contribution >= 4 is 28.5 Å². The van der Waals surface area contributed by atoms with Crippen molar-refractivity contribution in [1.82, 2.24) is 19.9 Å². The quantitative estimate of drug-likeness (QED) is 0.0582. The van der Waals surface area contributed by atoms with Crippen molar-refractivity contribution in [3.05, 3.63) is 81.1 Å². The number of aromatic amines is 1. The summed E-state index contributed by atoms with van der Waals surface area (Å²) in [6, 6.07) is 9.65. The highest BCUT2D eigenvalue weighted by molar-refractivity contribution is 6.31. The lowest BCUT2D eigenvalue weighted by Gasteiger charge is -2.19. The molecule has 2 aromatic heterocycles. The first-order valence-electron chi connectivity index (χ1n) is 14.5. The molecule has 9 nitrogen and oxygen atoms in total. The highest BCUT2D eigenvalue weighted by Gasteiger charge is 2.35. The van der Waals surface area contributed by atoms with Crippen molar-refractivity contribution in [1.29, 1.82) is 0 Å². The van der Waals surface area contributed by atoms with Gasteiger partial charge in [-0.2, -0.15) is 18.2 Å². The van der Waals surface area contributed by atoms with Gasteiger partial charge in [-0.1, -0.05) is 23.7 Å². The zero-order valence-electron chi connectivity index (χ0n) is 25.0. The van der Waals surface area contributed by atoms with E-state index in [4.69, 9.17) is 27.8 Å². The van der Waals surface area contributed by atoms with Crippen LogP contribution in [-0.4, -0.2) is 66.1 Å². The Labute approximate surface area is 266 Å². The Morgan fingerprint density at radius 2 is 1.93 bits per heavy atom. The number of aliphatic imine (C=N–C) groups is 1. The van der Waals surface area contributed by atoms with Crippen molar-refractivity contribution < 1.29 is 26.7 Å². The molecule has 4 aromatic rings. The number of ether oxygens (including phenoxy) is 1. The molecule has 2 unspecified atom stereocenters. The third-order valence-electron chi connectivity index (χ3n) is 7.37. The van der Waals surface area contributed by atoms with E-state index in [0.717, 1.165) is 5.56 Å². The molecule has 248 valence electrons. The van der Waals surface area contributed by atoms with E-state index in [9.17, 15) is 22.4 Å². The molecule has 46 heavy (non-hydrogen) atoms. The van der Waals surface area contributed by atoms with Crippen molar-refractivity contribution in [2.75, 3.05) is 33.5 Å². The van der Waals surface area contributed by atoms with Crippen LogP contribution < -0.4 is 22.5 Å². The summed E-state index contributed by atoms with van der Waals surface area (Å²) in [6.07, 6.45) is -2.21. The van der Waals surface area contributed by atoms with Crippen molar-refractivity contribution in [2.45, 2.75) is 43.9 Å². The fourth-order valence-corrected chi connectivity index (χ4v) is 5.17. The van der Waals surface area contributed by atoms with E-state index < -0.39 is 30.4 Å². The largest absolute Gasteiger partial charge is 0.403 e. The number of benzene rings is 2. The van der Waals surface area contributed by atoms with Gasteiger partial charge in [0.2, 0.25) is 0 Å². The average Bonchev–Trinajstić information content (AvgIpc) is 3.43. The van der Waals surface area contributed by atoms with Crippen LogP contribution in [-0.2, 0) is 11.2 Å². The first kappa shape index (κ1) is 35.0. The second-order valence-corrected chi connectivity index (χ2v) is 11.2. The van der Waals surface area contributed by atoms with E-state index in [1.807, 2.05) is 12.1 Å². The molecule has 0 fully saturated rings. The summed E-state index contributed by atoms with van der Waals surface area (Å²) in [6.45, 7) is 0.597. The lowest BCUT2D eigenvalue weighted by atomic mass is 10.0. The molecule has 0 aliphatic rings. The van der Waals surface area contributed by atoms with Crippen LogP contribution in [0.15, 0.2) is 58.4 Å². The summed E-state index contributed by atoms with van der Waals surface area (Å²) in [7, 11) is 1.59. The predicted octanol–water partition coefficient (Wildman–Crippen LogP) is 5.38. The summed E-state index contributed by atoms with van der Waals surface area (Å²) >= 11 is 6.13. The van der Waals surface area contributed by atoms with Gasteiger partial charge < -0.3 is 26.5 Å². The van der Waals surface area contributed by atoms with Gasteiger partial charge >= 0.3 is 11.9 Å². The number of nitrogens with two attached hydrogens (primary N) is 2. The Balaban J connectivity index is 1.52. The fourth-order valence-electron chi connectivity index (χ4n) is 4.93. The van der Waals surface area contributed by atoms with E-state index in [2.05, 4.69) is 20.3 Å². The number of methoxy groups -OCH3 is 1. The molecular weight excluding hydrogens is 633 g/mol. The predicted molar refractivity (Wildman–Crippen MR) is 169 cm³/mol. The van der Waals surface area contributed by atoms with Gasteiger partial charge in [0.25, 0.3) is 0 Å². The number of nitrogens with zero attached hydrogens (tertiary/aromatic N) is 3. The summed E-state index contributed by atoms with van der Waals surface area (Å²) in [5, 5.41) is 3.71. The van der Waals surface area contributed by atoms with E-state index in [1.54, 1.807) is 31.5 Å². The highest BCUT2D eigenvalue weighted by Crippen LogP contribution is 2.32. The molecule has 4 rings (SSSR count). The minimum Gasteiger partial charge on any atom is -0.385 e. The summed E-state index contributed by atoms with van der Waals surface area (Å²) in [4.78, 5) is 24.0. The van der Waals surface area contributed by atoms with Crippen LogP contribution in [0.1, 0.15) is 36.4 Å². The lowest BCUT2D eigenvalue weighted by molar-refractivity contribution is -0.149. The Kier molecular flexibility index (Phi) is 11.9. The molecule has 2 heterocycles. The minimum absolute atomic E-state index is 0.0316. The number of H-pyrrole nitrogens is 1. The molecule has 0 aliphatic heterocycles. The number of hydrogen-bond donors (Lipinski definition) is 4. The van der Waals surface area contributed by atoms with E-state index in [-0.39, 0.29) is 47.4 Å². The van der Waals surface area contributed by atoms with Gasteiger partial charge in [-0.3, -0.25) is 9.56 Å². The first-order chi connectivity index (χ1) is 21.9. The highest BCUT2D eigenvalue weighted by atomic mass is 35.5. The maximum absolute atomic E-state index is 15.1. The number of aromatic nitrogens is 3. The maximum Gasteiger partial charge on any atom is 0.403 e. The maximum atomic E-state index is 15.1. The monoisotopic (exact) mass is 667 g/mol.